The van der Waals surface area contributed by atoms with Gasteiger partial charge in [0.1, 0.15) is 0 Å². The van der Waals surface area contributed by atoms with Gasteiger partial charge in [-0.3, -0.25) is 0 Å². The van der Waals surface area contributed by atoms with Gasteiger partial charge in [0.15, 0.2) is 0 Å². The molecule has 0 aliphatic carbocycles. The normalized spacial score (nSPS) is 12.9. The van der Waals surface area contributed by atoms with Crippen LogP contribution in [-0.2, 0) is 0 Å². The van der Waals surface area contributed by atoms with Crippen molar-refractivity contribution in [3.05, 3.63) is 34.9 Å². The van der Waals surface area contributed by atoms with E-state index in [9.17, 15) is 0 Å². The van der Waals surface area contributed by atoms with Gasteiger partial charge in [0.25, 0.3) is 0 Å². The summed E-state index contributed by atoms with van der Waals surface area (Å²) in [7, 11) is 5.57. The van der Waals surface area contributed by atoms with E-state index in [1.165, 1.54) is 0 Å². The van der Waals surface area contributed by atoms with Gasteiger partial charge in [-0.2, -0.15) is 0 Å². The summed E-state index contributed by atoms with van der Waals surface area (Å²) < 4.78 is 0. The minimum atomic E-state index is 0.740. The molecule has 0 aromatic carbocycles. The molecule has 0 unspecified atom stereocenters. The fourth-order valence-corrected chi connectivity index (χ4v) is 0.714. The van der Waals surface area contributed by atoms with Gasteiger partial charge in [0.05, 0.1) is 0 Å². The maximum absolute atomic E-state index is 5.65. The number of rotatable bonds is 3. The first kappa shape index (κ1) is 11.4. The zero-order valence-electron chi connectivity index (χ0n) is 7.82. The predicted octanol–water partition coefficient (Wildman–Crippen LogP) is 2.99. The summed E-state index contributed by atoms with van der Waals surface area (Å²) in [5.74, 6) is 0. The quantitative estimate of drug-likeness (QED) is 0.462. The van der Waals surface area contributed by atoms with Crippen LogP contribution in [0.1, 0.15) is 20.8 Å². The molecule has 0 bridgehead atoms. The van der Waals surface area contributed by atoms with Crippen molar-refractivity contribution >= 4 is 24.6 Å². The summed E-state index contributed by atoms with van der Waals surface area (Å²) in [5, 5.41) is 0.747. The SMILES string of the molecule is [B]=C(C)C(=C)/C(C)=C\C=C(/C)Cl. The standard InChI is InChI=1S/C10H13BCl/c1-7(5-6-8(2)12)9(3)10(4)11/h5-6H,3H2,1-2,4H3/b7-5-,8-6+. The molecule has 0 spiro atoms. The van der Waals surface area contributed by atoms with Crippen molar-refractivity contribution in [2.24, 2.45) is 0 Å². The van der Waals surface area contributed by atoms with Crippen molar-refractivity contribution in [1.29, 1.82) is 0 Å². The molecule has 0 heterocycles. The van der Waals surface area contributed by atoms with Crippen LogP contribution in [0.3, 0.4) is 0 Å². The molecule has 0 aromatic heterocycles. The van der Waals surface area contributed by atoms with E-state index in [0.29, 0.717) is 0 Å². The fourth-order valence-electron chi connectivity index (χ4n) is 0.651. The van der Waals surface area contributed by atoms with Crippen molar-refractivity contribution in [2.75, 3.05) is 0 Å². The third-order valence-electron chi connectivity index (χ3n) is 1.52. The van der Waals surface area contributed by atoms with E-state index < -0.39 is 0 Å². The van der Waals surface area contributed by atoms with Gasteiger partial charge in [-0.25, -0.2) is 0 Å². The Balaban J connectivity index is 4.49. The fraction of sp³-hybridized carbons (Fsp3) is 0.300. The predicted molar refractivity (Wildman–Crippen MR) is 58.9 cm³/mol. The summed E-state index contributed by atoms with van der Waals surface area (Å²) in [6, 6.07) is 0. The van der Waals surface area contributed by atoms with Crippen LogP contribution in [0.5, 0.6) is 0 Å². The number of allylic oxidation sites excluding steroid dienone is 5. The number of halogens is 1. The van der Waals surface area contributed by atoms with Crippen LogP contribution >= 0.6 is 11.6 Å². The van der Waals surface area contributed by atoms with Crippen molar-refractivity contribution in [2.45, 2.75) is 20.8 Å². The molecule has 0 aliphatic heterocycles. The van der Waals surface area contributed by atoms with Crippen molar-refractivity contribution in [1.82, 2.24) is 0 Å². The van der Waals surface area contributed by atoms with Gasteiger partial charge in [0.2, 0.25) is 0 Å². The Hall–Kier alpha value is -0.555. The van der Waals surface area contributed by atoms with Crippen LogP contribution in [0.15, 0.2) is 34.9 Å². The van der Waals surface area contributed by atoms with Gasteiger partial charge in [-0.15, -0.1) is 0 Å². The third-order valence-corrected chi connectivity index (χ3v) is 1.64. The summed E-state index contributed by atoms with van der Waals surface area (Å²) >= 11 is 5.65. The molecule has 63 valence electrons. The first-order valence-corrected chi connectivity index (χ1v) is 4.12. The second-order valence-electron chi connectivity index (χ2n) is 2.76. The van der Waals surface area contributed by atoms with Gasteiger partial charge in [-0.1, -0.05) is 0 Å². The second-order valence-corrected chi connectivity index (χ2v) is 3.36. The Morgan fingerprint density at radius 3 is 2.08 bits per heavy atom. The molecule has 0 saturated carbocycles. The Bertz CT molecular complexity index is 255. The average Bonchev–Trinajstić information content (AvgIpc) is 1.98. The zero-order valence-corrected chi connectivity index (χ0v) is 8.57. The van der Waals surface area contributed by atoms with Gasteiger partial charge >= 0.3 is 80.2 Å². The molecule has 0 aliphatic rings. The van der Waals surface area contributed by atoms with E-state index in [1.807, 2.05) is 32.9 Å². The van der Waals surface area contributed by atoms with Gasteiger partial charge in [-0.05, 0) is 0 Å². The summed E-state index contributed by atoms with van der Waals surface area (Å²) in [6.45, 7) is 9.44. The molecule has 0 rings (SSSR count). The van der Waals surface area contributed by atoms with Crippen LogP contribution in [0.4, 0.5) is 0 Å². The summed E-state index contributed by atoms with van der Waals surface area (Å²) in [6.07, 6.45) is 3.73. The molecule has 0 atom stereocenters. The van der Waals surface area contributed by atoms with Crippen LogP contribution < -0.4 is 0 Å². The first-order valence-electron chi connectivity index (χ1n) is 3.74. The second kappa shape index (κ2) is 5.15. The molecule has 12 heavy (non-hydrogen) atoms. The van der Waals surface area contributed by atoms with Gasteiger partial charge in [0, 0.05) is 0 Å². The van der Waals surface area contributed by atoms with Crippen molar-refractivity contribution < 1.29 is 0 Å². The summed E-state index contributed by atoms with van der Waals surface area (Å²) in [4.78, 5) is 0. The Morgan fingerprint density at radius 2 is 1.75 bits per heavy atom. The van der Waals surface area contributed by atoms with Crippen LogP contribution in [-0.4, -0.2) is 13.0 Å². The molecule has 0 fully saturated rings. The Kier molecular flexibility index (Phi) is 4.92. The van der Waals surface area contributed by atoms with Crippen LogP contribution in [0, 0.1) is 0 Å². The third kappa shape index (κ3) is 4.35. The Labute approximate surface area is 80.7 Å². The van der Waals surface area contributed by atoms with E-state index in [-0.39, 0.29) is 0 Å². The van der Waals surface area contributed by atoms with E-state index in [0.717, 1.165) is 21.6 Å². The van der Waals surface area contributed by atoms with E-state index in [1.54, 1.807) is 0 Å². The van der Waals surface area contributed by atoms with Crippen LogP contribution in [0.2, 0.25) is 0 Å². The molecule has 1 radical (unpaired) electrons. The molecular formula is C10H13BCl. The molecule has 0 saturated heterocycles. The monoisotopic (exact) mass is 179 g/mol. The van der Waals surface area contributed by atoms with Crippen molar-refractivity contribution in [3.63, 3.8) is 0 Å². The summed E-state index contributed by atoms with van der Waals surface area (Å²) in [5.41, 5.74) is 2.64. The molecule has 0 nitrogen and oxygen atoms in total. The molecular weight excluding hydrogens is 166 g/mol. The van der Waals surface area contributed by atoms with E-state index >= 15 is 0 Å². The van der Waals surface area contributed by atoms with Gasteiger partial charge < -0.3 is 0 Å². The van der Waals surface area contributed by atoms with Crippen LogP contribution in [0.25, 0.3) is 0 Å². The van der Waals surface area contributed by atoms with E-state index in [4.69, 9.17) is 19.1 Å². The number of hydrogen-bond acceptors (Lipinski definition) is 0. The topological polar surface area (TPSA) is 0 Å². The number of hydrogen-bond donors (Lipinski definition) is 0. The van der Waals surface area contributed by atoms with E-state index in [2.05, 4.69) is 6.58 Å². The maximum atomic E-state index is 5.65. The molecule has 0 aromatic rings. The molecule has 0 amide bonds. The molecule has 2 heteroatoms. The zero-order chi connectivity index (χ0) is 9.72. The molecule has 0 N–H and O–H groups in total. The Morgan fingerprint density at radius 1 is 1.25 bits per heavy atom. The van der Waals surface area contributed by atoms with Crippen molar-refractivity contribution in [3.8, 4) is 0 Å². The first-order chi connectivity index (χ1) is 5.45. The minimum absolute atomic E-state index is 0.740. The average molecular weight is 179 g/mol.